The summed E-state index contributed by atoms with van der Waals surface area (Å²) in [5, 5.41) is 13.1. The zero-order chi connectivity index (χ0) is 13.0. The summed E-state index contributed by atoms with van der Waals surface area (Å²) in [6.07, 6.45) is 8.10. The lowest BCUT2D eigenvalue weighted by Gasteiger charge is -2.26. The summed E-state index contributed by atoms with van der Waals surface area (Å²) < 4.78 is 2.20. The molecule has 0 aliphatic heterocycles. The fourth-order valence-corrected chi connectivity index (χ4v) is 2.79. The van der Waals surface area contributed by atoms with E-state index in [0.717, 1.165) is 32.4 Å². The van der Waals surface area contributed by atoms with Gasteiger partial charge in [0.05, 0.1) is 18.1 Å². The topological polar surface area (TPSA) is 50.1 Å². The molecule has 2 atom stereocenters. The minimum atomic E-state index is -0.0771. The van der Waals surface area contributed by atoms with Crippen LogP contribution < -0.4 is 5.32 Å². The second-order valence-corrected chi connectivity index (χ2v) is 5.70. The zero-order valence-corrected chi connectivity index (χ0v) is 11.5. The first kappa shape index (κ1) is 13.6. The molecule has 0 spiro atoms. The second kappa shape index (κ2) is 6.34. The summed E-state index contributed by atoms with van der Waals surface area (Å²) >= 11 is 0. The van der Waals surface area contributed by atoms with Crippen molar-refractivity contribution in [3.05, 3.63) is 18.2 Å². The molecule has 0 saturated heterocycles. The molecule has 2 rings (SSSR count). The van der Waals surface area contributed by atoms with E-state index in [2.05, 4.69) is 28.7 Å². The number of nitrogens with one attached hydrogen (secondary N) is 1. The predicted octanol–water partition coefficient (Wildman–Crippen LogP) is 2.10. The third-order valence-electron chi connectivity index (χ3n) is 3.80. The highest BCUT2D eigenvalue weighted by molar-refractivity contribution is 4.99. The molecule has 0 amide bonds. The first-order chi connectivity index (χ1) is 8.66. The van der Waals surface area contributed by atoms with Gasteiger partial charge in [-0.25, -0.2) is 4.98 Å². The van der Waals surface area contributed by atoms with Gasteiger partial charge in [-0.15, -0.1) is 0 Å². The van der Waals surface area contributed by atoms with Crippen LogP contribution in [0.15, 0.2) is 12.5 Å². The van der Waals surface area contributed by atoms with Crippen LogP contribution in [0.2, 0.25) is 0 Å². The molecule has 2 N–H and O–H groups in total. The molecule has 1 aromatic heterocycles. The third kappa shape index (κ3) is 3.56. The molecule has 4 nitrogen and oxygen atoms in total. The van der Waals surface area contributed by atoms with Crippen molar-refractivity contribution in [2.75, 3.05) is 6.54 Å². The molecule has 1 saturated carbocycles. The lowest BCUT2D eigenvalue weighted by Crippen LogP contribution is -2.29. The van der Waals surface area contributed by atoms with E-state index in [4.69, 9.17) is 0 Å². The van der Waals surface area contributed by atoms with Gasteiger partial charge in [0.2, 0.25) is 0 Å². The highest BCUT2D eigenvalue weighted by Gasteiger charge is 2.19. The van der Waals surface area contributed by atoms with Crippen LogP contribution in [0.3, 0.4) is 0 Å². The molecule has 1 aromatic rings. The fraction of sp³-hybridized carbons (Fsp3) is 0.786. The molecule has 4 heteroatoms. The summed E-state index contributed by atoms with van der Waals surface area (Å²) in [5.74, 6) is 0.629. The molecular formula is C14H25N3O. The van der Waals surface area contributed by atoms with Gasteiger partial charge in [0.15, 0.2) is 0 Å². The van der Waals surface area contributed by atoms with E-state index >= 15 is 0 Å². The minimum Gasteiger partial charge on any atom is -0.393 e. The summed E-state index contributed by atoms with van der Waals surface area (Å²) in [6.45, 7) is 6.20. The standard InChI is InChI=1S/C14H25N3O/c1-11(2)17-10-16-9-13(17)8-15-7-12-4-3-5-14(18)6-12/h9-12,14-15,18H,3-8H2,1-2H3. The van der Waals surface area contributed by atoms with Gasteiger partial charge in [0.1, 0.15) is 0 Å². The first-order valence-corrected chi connectivity index (χ1v) is 7.06. The van der Waals surface area contributed by atoms with Gasteiger partial charge < -0.3 is 15.0 Å². The largest absolute Gasteiger partial charge is 0.393 e. The summed E-state index contributed by atoms with van der Waals surface area (Å²) in [5.41, 5.74) is 1.24. The van der Waals surface area contributed by atoms with Crippen LogP contribution in [-0.4, -0.2) is 27.3 Å². The third-order valence-corrected chi connectivity index (χ3v) is 3.80. The fourth-order valence-electron chi connectivity index (χ4n) is 2.79. The van der Waals surface area contributed by atoms with Crippen molar-refractivity contribution in [3.8, 4) is 0 Å². The Labute approximate surface area is 109 Å². The molecule has 1 aliphatic rings. The van der Waals surface area contributed by atoms with Crippen LogP contribution in [0.25, 0.3) is 0 Å². The second-order valence-electron chi connectivity index (χ2n) is 5.70. The molecule has 2 unspecified atom stereocenters. The Kier molecular flexibility index (Phi) is 4.78. The molecule has 1 heterocycles. The van der Waals surface area contributed by atoms with Gasteiger partial charge in [0.25, 0.3) is 0 Å². The van der Waals surface area contributed by atoms with Crippen molar-refractivity contribution in [1.29, 1.82) is 0 Å². The molecule has 1 aliphatic carbocycles. The van der Waals surface area contributed by atoms with Crippen molar-refractivity contribution in [3.63, 3.8) is 0 Å². The number of nitrogens with zero attached hydrogens (tertiary/aromatic N) is 2. The Hall–Kier alpha value is -0.870. The number of imidazole rings is 1. The van der Waals surface area contributed by atoms with E-state index in [1.807, 2.05) is 12.5 Å². The van der Waals surface area contributed by atoms with Crippen molar-refractivity contribution >= 4 is 0 Å². The number of aliphatic hydroxyl groups excluding tert-OH is 1. The normalized spacial score (nSPS) is 24.7. The maximum Gasteiger partial charge on any atom is 0.0951 e. The molecule has 1 fully saturated rings. The predicted molar refractivity (Wildman–Crippen MR) is 72.3 cm³/mol. The Morgan fingerprint density at radius 3 is 3.06 bits per heavy atom. The lowest BCUT2D eigenvalue weighted by atomic mass is 9.87. The minimum absolute atomic E-state index is 0.0771. The Bertz CT molecular complexity index is 362. The van der Waals surface area contributed by atoms with Gasteiger partial charge in [-0.2, -0.15) is 0 Å². The lowest BCUT2D eigenvalue weighted by molar-refractivity contribution is 0.100. The highest BCUT2D eigenvalue weighted by Crippen LogP contribution is 2.23. The maximum absolute atomic E-state index is 9.64. The van der Waals surface area contributed by atoms with Crippen LogP contribution in [0.1, 0.15) is 51.3 Å². The maximum atomic E-state index is 9.64. The Morgan fingerprint density at radius 1 is 1.50 bits per heavy atom. The van der Waals surface area contributed by atoms with Gasteiger partial charge in [0, 0.05) is 18.8 Å². The van der Waals surface area contributed by atoms with Crippen LogP contribution in [0, 0.1) is 5.92 Å². The molecule has 0 radical (unpaired) electrons. The molecule has 0 bridgehead atoms. The van der Waals surface area contributed by atoms with E-state index in [9.17, 15) is 5.11 Å². The van der Waals surface area contributed by atoms with Crippen LogP contribution in [0.5, 0.6) is 0 Å². The highest BCUT2D eigenvalue weighted by atomic mass is 16.3. The Morgan fingerprint density at radius 2 is 2.33 bits per heavy atom. The quantitative estimate of drug-likeness (QED) is 0.842. The number of hydrogen-bond acceptors (Lipinski definition) is 3. The van der Waals surface area contributed by atoms with E-state index in [1.165, 1.54) is 12.1 Å². The van der Waals surface area contributed by atoms with E-state index in [1.54, 1.807) is 0 Å². The summed E-state index contributed by atoms with van der Waals surface area (Å²) in [6, 6.07) is 0.459. The molecular weight excluding hydrogens is 226 g/mol. The molecule has 0 aromatic carbocycles. The summed E-state index contributed by atoms with van der Waals surface area (Å²) in [7, 11) is 0. The van der Waals surface area contributed by atoms with Crippen molar-refractivity contribution < 1.29 is 5.11 Å². The molecule has 102 valence electrons. The SMILES string of the molecule is CC(C)n1cncc1CNCC1CCCC(O)C1. The van der Waals surface area contributed by atoms with Gasteiger partial charge in [-0.05, 0) is 45.6 Å². The van der Waals surface area contributed by atoms with Gasteiger partial charge in [-0.1, -0.05) is 6.42 Å². The van der Waals surface area contributed by atoms with Gasteiger partial charge in [-0.3, -0.25) is 0 Å². The summed E-state index contributed by atoms with van der Waals surface area (Å²) in [4.78, 5) is 4.20. The molecule has 18 heavy (non-hydrogen) atoms. The monoisotopic (exact) mass is 251 g/mol. The number of aliphatic hydroxyl groups is 1. The van der Waals surface area contributed by atoms with Crippen molar-refractivity contribution in [1.82, 2.24) is 14.9 Å². The van der Waals surface area contributed by atoms with Crippen LogP contribution in [-0.2, 0) is 6.54 Å². The Balaban J connectivity index is 1.76. The van der Waals surface area contributed by atoms with Crippen molar-refractivity contribution in [2.24, 2.45) is 5.92 Å². The van der Waals surface area contributed by atoms with Gasteiger partial charge >= 0.3 is 0 Å². The van der Waals surface area contributed by atoms with E-state index in [-0.39, 0.29) is 6.10 Å². The van der Waals surface area contributed by atoms with E-state index in [0.29, 0.717) is 12.0 Å². The van der Waals surface area contributed by atoms with Crippen molar-refractivity contribution in [2.45, 2.75) is 58.2 Å². The van der Waals surface area contributed by atoms with Crippen LogP contribution in [0.4, 0.5) is 0 Å². The average molecular weight is 251 g/mol. The number of aromatic nitrogens is 2. The van der Waals surface area contributed by atoms with E-state index < -0.39 is 0 Å². The zero-order valence-electron chi connectivity index (χ0n) is 11.5. The first-order valence-electron chi connectivity index (χ1n) is 7.06. The average Bonchev–Trinajstić information content (AvgIpc) is 2.77. The number of hydrogen-bond donors (Lipinski definition) is 2. The van der Waals surface area contributed by atoms with Crippen LogP contribution >= 0.6 is 0 Å². The number of rotatable bonds is 5. The smallest absolute Gasteiger partial charge is 0.0951 e.